The molecule has 52 valence electrons. The molecule has 0 saturated carbocycles. The average molecular weight is 137 g/mol. The Labute approximate surface area is 50.6 Å². The molecule has 0 unspecified atom stereocenters. The molecular weight excluding hydrogens is 131 g/mol. The summed E-state index contributed by atoms with van der Waals surface area (Å²) in [5, 5.41) is 2.16. The van der Waals surface area contributed by atoms with Crippen LogP contribution in [0.1, 0.15) is 0 Å². The Morgan fingerprint density at radius 3 is 1.78 bits per heavy atom. The topological polar surface area (TPSA) is 12.0 Å². The van der Waals surface area contributed by atoms with Gasteiger partial charge in [-0.2, -0.15) is 13.2 Å². The molecule has 1 rings (SSSR count). The minimum atomic E-state index is -4.16. The lowest BCUT2D eigenvalue weighted by atomic mass is 10.2. The zero-order valence-corrected chi connectivity index (χ0v) is 4.79. The molecule has 0 aromatic carbocycles. The fraction of sp³-hybridized carbons (Fsp3) is 0.600. The molecular formula is C5H6F3N. The molecule has 0 spiro atoms. The van der Waals surface area contributed by atoms with E-state index in [1.165, 1.54) is 7.05 Å². The molecule has 1 N–H and O–H groups in total. The Morgan fingerprint density at radius 1 is 1.33 bits per heavy atom. The van der Waals surface area contributed by atoms with Gasteiger partial charge in [0.25, 0.3) is 0 Å². The van der Waals surface area contributed by atoms with Crippen LogP contribution in [0.3, 0.4) is 0 Å². The van der Waals surface area contributed by atoms with Crippen molar-refractivity contribution in [1.82, 2.24) is 5.32 Å². The lowest BCUT2D eigenvalue weighted by molar-refractivity contribution is -0.156. The number of halogens is 3. The van der Waals surface area contributed by atoms with Gasteiger partial charge in [-0.25, -0.2) is 0 Å². The van der Waals surface area contributed by atoms with E-state index in [2.05, 4.69) is 5.32 Å². The largest absolute Gasteiger partial charge is 0.413 e. The Bertz CT molecular complexity index is 141. The summed E-state index contributed by atoms with van der Waals surface area (Å²) in [6.07, 6.45) is -1.98. The first kappa shape index (κ1) is 6.61. The number of likely N-dealkylation sites (N-methyl/N-ethyl adjacent to an activating group) is 1. The SMILES string of the molecule is CNC1(C(F)(F)F)C=C1. The van der Waals surface area contributed by atoms with E-state index in [1.54, 1.807) is 0 Å². The third kappa shape index (κ3) is 0.830. The van der Waals surface area contributed by atoms with E-state index < -0.39 is 11.7 Å². The van der Waals surface area contributed by atoms with Gasteiger partial charge in [0, 0.05) is 0 Å². The molecule has 0 aliphatic heterocycles. The van der Waals surface area contributed by atoms with E-state index in [1.807, 2.05) is 0 Å². The fourth-order valence-electron chi connectivity index (χ4n) is 0.581. The highest BCUT2D eigenvalue weighted by Crippen LogP contribution is 2.40. The predicted octanol–water partition coefficient (Wildman–Crippen LogP) is 1.08. The summed E-state index contributed by atoms with van der Waals surface area (Å²) < 4.78 is 35.3. The molecule has 4 heteroatoms. The highest BCUT2D eigenvalue weighted by Gasteiger charge is 2.56. The highest BCUT2D eigenvalue weighted by molar-refractivity contribution is 5.36. The van der Waals surface area contributed by atoms with Crippen LogP contribution in [0.25, 0.3) is 0 Å². The van der Waals surface area contributed by atoms with Gasteiger partial charge in [-0.15, -0.1) is 0 Å². The fourth-order valence-corrected chi connectivity index (χ4v) is 0.581. The van der Waals surface area contributed by atoms with Crippen molar-refractivity contribution in [3.63, 3.8) is 0 Å². The second kappa shape index (κ2) is 1.50. The molecule has 0 aromatic rings. The van der Waals surface area contributed by atoms with Crippen molar-refractivity contribution in [2.45, 2.75) is 11.7 Å². The van der Waals surface area contributed by atoms with Crippen molar-refractivity contribution >= 4 is 0 Å². The lowest BCUT2D eigenvalue weighted by Crippen LogP contribution is -2.44. The number of hydrogen-bond acceptors (Lipinski definition) is 1. The van der Waals surface area contributed by atoms with Crippen molar-refractivity contribution in [3.05, 3.63) is 12.2 Å². The molecule has 1 aliphatic rings. The van der Waals surface area contributed by atoms with E-state index >= 15 is 0 Å². The van der Waals surface area contributed by atoms with Crippen LogP contribution < -0.4 is 5.32 Å². The zero-order chi connectivity index (χ0) is 7.12. The number of rotatable bonds is 1. The second-order valence-corrected chi connectivity index (χ2v) is 1.95. The third-order valence-electron chi connectivity index (χ3n) is 1.38. The van der Waals surface area contributed by atoms with Crippen LogP contribution in [0.2, 0.25) is 0 Å². The van der Waals surface area contributed by atoms with Crippen LogP contribution in [-0.4, -0.2) is 18.8 Å². The standard InChI is InChI=1S/C5H6F3N/c1-9-4(2-3-4)5(6,7)8/h2-3,9H,1H3. The number of hydrogen-bond donors (Lipinski definition) is 1. The predicted molar refractivity (Wildman–Crippen MR) is 27.0 cm³/mol. The van der Waals surface area contributed by atoms with E-state index in [0.29, 0.717) is 0 Å². The first-order valence-electron chi connectivity index (χ1n) is 2.48. The van der Waals surface area contributed by atoms with Crippen LogP contribution in [0.15, 0.2) is 12.2 Å². The molecule has 0 amide bonds. The van der Waals surface area contributed by atoms with Crippen molar-refractivity contribution in [2.75, 3.05) is 7.05 Å². The van der Waals surface area contributed by atoms with E-state index in [0.717, 1.165) is 12.2 Å². The molecule has 0 saturated heterocycles. The van der Waals surface area contributed by atoms with E-state index in [-0.39, 0.29) is 0 Å². The monoisotopic (exact) mass is 137 g/mol. The maximum Gasteiger partial charge on any atom is 0.413 e. The quantitative estimate of drug-likeness (QED) is 0.533. The van der Waals surface area contributed by atoms with Gasteiger partial charge in [0.1, 0.15) is 0 Å². The highest BCUT2D eigenvalue weighted by atomic mass is 19.4. The summed E-state index contributed by atoms with van der Waals surface area (Å²) in [6.45, 7) is 0. The Hall–Kier alpha value is -0.510. The first-order valence-corrected chi connectivity index (χ1v) is 2.48. The van der Waals surface area contributed by atoms with Crippen LogP contribution in [0.4, 0.5) is 13.2 Å². The maximum absolute atomic E-state index is 11.8. The second-order valence-electron chi connectivity index (χ2n) is 1.95. The Kier molecular flexibility index (Phi) is 1.10. The minimum Gasteiger partial charge on any atom is -0.300 e. The van der Waals surface area contributed by atoms with Gasteiger partial charge in [0.15, 0.2) is 5.54 Å². The molecule has 0 bridgehead atoms. The Morgan fingerprint density at radius 2 is 1.78 bits per heavy atom. The summed E-state index contributed by atoms with van der Waals surface area (Å²) >= 11 is 0. The van der Waals surface area contributed by atoms with E-state index in [4.69, 9.17) is 0 Å². The van der Waals surface area contributed by atoms with Crippen LogP contribution in [-0.2, 0) is 0 Å². The third-order valence-corrected chi connectivity index (χ3v) is 1.38. The van der Waals surface area contributed by atoms with Crippen molar-refractivity contribution in [2.24, 2.45) is 0 Å². The van der Waals surface area contributed by atoms with Gasteiger partial charge in [-0.1, -0.05) is 12.2 Å². The Balaban J connectivity index is 2.61. The van der Waals surface area contributed by atoms with Crippen LogP contribution in [0, 0.1) is 0 Å². The van der Waals surface area contributed by atoms with Gasteiger partial charge in [0.2, 0.25) is 0 Å². The minimum absolute atomic E-state index is 1.09. The van der Waals surface area contributed by atoms with Crippen molar-refractivity contribution in [3.8, 4) is 0 Å². The van der Waals surface area contributed by atoms with Gasteiger partial charge >= 0.3 is 6.18 Å². The summed E-state index contributed by atoms with van der Waals surface area (Å²) in [5.41, 5.74) is -1.77. The van der Waals surface area contributed by atoms with Gasteiger partial charge < -0.3 is 5.32 Å². The number of alkyl halides is 3. The van der Waals surface area contributed by atoms with Gasteiger partial charge in [-0.05, 0) is 7.05 Å². The molecule has 0 fully saturated rings. The van der Waals surface area contributed by atoms with Crippen molar-refractivity contribution in [1.29, 1.82) is 0 Å². The smallest absolute Gasteiger partial charge is 0.300 e. The molecule has 1 aliphatic carbocycles. The van der Waals surface area contributed by atoms with E-state index in [9.17, 15) is 13.2 Å². The normalized spacial score (nSPS) is 22.2. The molecule has 0 aromatic heterocycles. The lowest BCUT2D eigenvalue weighted by Gasteiger charge is -2.17. The molecule has 0 radical (unpaired) electrons. The van der Waals surface area contributed by atoms with Gasteiger partial charge in [0.05, 0.1) is 0 Å². The molecule has 1 nitrogen and oxygen atoms in total. The van der Waals surface area contributed by atoms with Crippen LogP contribution in [0.5, 0.6) is 0 Å². The maximum atomic E-state index is 11.8. The molecule has 9 heavy (non-hydrogen) atoms. The van der Waals surface area contributed by atoms with Gasteiger partial charge in [-0.3, -0.25) is 0 Å². The average Bonchev–Trinajstić information content (AvgIpc) is 2.40. The molecule has 0 atom stereocenters. The van der Waals surface area contributed by atoms with Crippen molar-refractivity contribution < 1.29 is 13.2 Å². The summed E-state index contributed by atoms with van der Waals surface area (Å²) in [4.78, 5) is 0. The zero-order valence-electron chi connectivity index (χ0n) is 4.79. The summed E-state index contributed by atoms with van der Waals surface area (Å²) in [5.74, 6) is 0. The van der Waals surface area contributed by atoms with Crippen LogP contribution >= 0.6 is 0 Å². The summed E-state index contributed by atoms with van der Waals surface area (Å²) in [7, 11) is 1.29. The summed E-state index contributed by atoms with van der Waals surface area (Å²) in [6, 6.07) is 0. The first-order chi connectivity index (χ1) is 4.02. The number of nitrogens with one attached hydrogen (secondary N) is 1. The molecule has 0 heterocycles.